The number of para-hydroxylation sites is 1. The monoisotopic (exact) mass is 1960 g/mol. The number of aryl methyl sites for hydroxylation is 1. The van der Waals surface area contributed by atoms with E-state index in [1.54, 1.807) is 42.5 Å². The minimum absolute atomic E-state index is 0.0163. The molecule has 4 aliphatic heterocycles. The van der Waals surface area contributed by atoms with Gasteiger partial charge in [-0.15, -0.1) is 0 Å². The number of aromatic nitrogens is 1. The van der Waals surface area contributed by atoms with E-state index in [-0.39, 0.29) is 49.0 Å². The van der Waals surface area contributed by atoms with Crippen LogP contribution >= 0.6 is 0 Å². The predicted molar refractivity (Wildman–Crippen MR) is 528 cm³/mol. The van der Waals surface area contributed by atoms with Gasteiger partial charge in [0.05, 0.1) is 93.0 Å². The van der Waals surface area contributed by atoms with Crippen molar-refractivity contribution in [1.29, 1.82) is 0 Å². The first-order valence-electron chi connectivity index (χ1n) is 44.9. The number of aliphatic hydroxyl groups is 1. The molecule has 1 aromatic heterocycles. The number of nitrogens with one attached hydrogen (secondary N) is 2. The van der Waals surface area contributed by atoms with Crippen LogP contribution in [0.5, 0.6) is 0 Å². The third-order valence-electron chi connectivity index (χ3n) is 23.8. The van der Waals surface area contributed by atoms with E-state index in [0.29, 0.717) is 52.9 Å². The van der Waals surface area contributed by atoms with E-state index in [0.717, 1.165) is 161 Å². The molecule has 11 aromatic rings. The summed E-state index contributed by atoms with van der Waals surface area (Å²) in [5, 5.41) is 48.1. The van der Waals surface area contributed by atoms with Gasteiger partial charge in [-0.1, -0.05) is 170 Å². The number of non-ortho nitro benzene ring substituents is 3. The number of benzene rings is 10. The van der Waals surface area contributed by atoms with Crippen LogP contribution in [0.15, 0.2) is 297 Å². The zero-order valence-corrected chi connectivity index (χ0v) is 80.8. The average Bonchev–Trinajstić information content (AvgIpc) is 0.795. The second kappa shape index (κ2) is 51.7. The lowest BCUT2D eigenvalue weighted by Crippen LogP contribution is -2.37. The molecule has 30 nitrogen and oxygen atoms in total. The van der Waals surface area contributed by atoms with Gasteiger partial charge in [-0.25, -0.2) is 42.1 Å². The number of nitro groups is 3. The Labute approximate surface area is 793 Å². The Kier molecular flexibility index (Phi) is 40.6. The maximum atomic E-state index is 13.2. The number of nitrogen functional groups attached to an aromatic ring is 1. The van der Waals surface area contributed by atoms with Crippen LogP contribution in [0.3, 0.4) is 0 Å². The van der Waals surface area contributed by atoms with Crippen LogP contribution in [-0.4, -0.2) is 210 Å². The van der Waals surface area contributed by atoms with E-state index in [1.807, 2.05) is 55.5 Å². The molecular formula is C99H120N10O20S6. The highest BCUT2D eigenvalue weighted by atomic mass is 32.2. The summed E-state index contributed by atoms with van der Waals surface area (Å²) in [5.74, 6) is 2.17. The maximum Gasteiger partial charge on any atom is 0.270 e. The van der Waals surface area contributed by atoms with Gasteiger partial charge in [0.25, 0.3) is 27.2 Å². The van der Waals surface area contributed by atoms with E-state index in [4.69, 9.17) is 10.8 Å². The molecule has 5 heterocycles. The van der Waals surface area contributed by atoms with Gasteiger partial charge < -0.3 is 36.2 Å². The second-order valence-electron chi connectivity index (χ2n) is 34.0. The summed E-state index contributed by atoms with van der Waals surface area (Å²) in [6, 6.07) is 80.7. The molecule has 4 saturated heterocycles. The van der Waals surface area contributed by atoms with Gasteiger partial charge in [-0.05, 0) is 249 Å². The third kappa shape index (κ3) is 35.8. The number of piperidine rings is 4. The highest BCUT2D eigenvalue weighted by molar-refractivity contribution is 7.92. The van der Waals surface area contributed by atoms with Crippen LogP contribution in [0.1, 0.15) is 79.3 Å². The lowest BCUT2D eigenvalue weighted by molar-refractivity contribution is -0.385. The van der Waals surface area contributed by atoms with Crippen LogP contribution in [0.4, 0.5) is 34.1 Å². The highest BCUT2D eigenvalue weighted by Crippen LogP contribution is 2.32. The summed E-state index contributed by atoms with van der Waals surface area (Å²) >= 11 is 0. The molecule has 15 rings (SSSR count). The lowest BCUT2D eigenvalue weighted by Gasteiger charge is -2.32. The minimum atomic E-state index is -3.83. The fourth-order valence-corrected chi connectivity index (χ4v) is 22.9. The summed E-state index contributed by atoms with van der Waals surface area (Å²) in [7, 11) is -21.3. The van der Waals surface area contributed by atoms with Gasteiger partial charge in [0.1, 0.15) is 0 Å². The van der Waals surface area contributed by atoms with E-state index in [1.165, 1.54) is 103 Å². The van der Waals surface area contributed by atoms with E-state index in [9.17, 15) is 80.8 Å². The summed E-state index contributed by atoms with van der Waals surface area (Å²) in [6.07, 6.45) is 14.7. The lowest BCUT2D eigenvalue weighted by atomic mass is 9.90. The minimum Gasteiger partial charge on any atom is -0.399 e. The zero-order valence-electron chi connectivity index (χ0n) is 75.9. The molecule has 0 amide bonds. The molecule has 0 saturated carbocycles. The Balaban J connectivity index is 0.000000173. The molecule has 4 fully saturated rings. The summed E-state index contributed by atoms with van der Waals surface area (Å²) < 4.78 is 148. The second-order valence-corrected chi connectivity index (χ2v) is 46.2. The summed E-state index contributed by atoms with van der Waals surface area (Å²) in [6.45, 7) is 10.6. The van der Waals surface area contributed by atoms with Crippen molar-refractivity contribution in [3.05, 3.63) is 331 Å². The first-order valence-corrected chi connectivity index (χ1v) is 55.0. The number of rotatable bonds is 33. The van der Waals surface area contributed by atoms with Crippen LogP contribution in [-0.2, 0) is 89.2 Å². The van der Waals surface area contributed by atoms with Crippen LogP contribution in [0.25, 0.3) is 10.9 Å². The quantitative estimate of drug-likeness (QED) is 0.0128. The van der Waals surface area contributed by atoms with Gasteiger partial charge in [0.2, 0.25) is 0 Å². The summed E-state index contributed by atoms with van der Waals surface area (Å²) in [5.41, 5.74) is 14.5. The Morgan fingerprint density at radius 3 is 1.07 bits per heavy atom. The van der Waals surface area contributed by atoms with Gasteiger partial charge in [-0.3, -0.25) is 39.5 Å². The van der Waals surface area contributed by atoms with Crippen molar-refractivity contribution in [3.8, 4) is 0 Å². The molecule has 36 heteroatoms. The van der Waals surface area contributed by atoms with Crippen molar-refractivity contribution in [3.63, 3.8) is 0 Å². The van der Waals surface area contributed by atoms with Gasteiger partial charge in [0.15, 0.2) is 49.2 Å². The van der Waals surface area contributed by atoms with Crippen molar-refractivity contribution < 1.29 is 74.6 Å². The Morgan fingerprint density at radius 1 is 0.393 bits per heavy atom. The fourth-order valence-electron chi connectivity index (χ4n) is 16.3. The standard InChI is InChI=1S/C30H33N3O2S.C20H24N2O4S.C20H26N2O2S.C12H17N.C9H11NO7S2.C8H9NO5S/c1-23-20-30(28-12-5-6-13-29(28)31-23)32-26-10-7-11-27(22-26)36(34,35)19-18-33-16-14-25(15-17-33)21-24-8-3-2-4-9-24;23-22(24)19-7-4-8-20(16-19)27(25,26)14-13-21-11-9-18(10-12-21)15-17-5-2-1-3-6-17;21-19-7-4-8-20(16-19)25(23,24)14-13-22-11-9-18(10-12-22)15-17-5-2-1-3-6-17;1-2-4-11(5-3-1)10-12-6-8-13-9-7-12;1-18(13,14)17-5-6-19(15,16)9-4-2-3-8(7-9)10(11)12;10-4-5-15(13,14)8-3-1-2-7(6-8)9(11)12/h2-13,20,22,25H,14-19,21H2,1H3,(H,31,32);1-8,16,18H,9-15H2;1-8,16,18H,9-15,21H2;1-5,12-13H,6-10H2;2-4,7H,5-6H2,1H3;1-3,6,10H,4-5H2. The topological polar surface area (TPSA) is 436 Å². The summed E-state index contributed by atoms with van der Waals surface area (Å²) in [4.78, 5) is 41.5. The average molecular weight is 1960 g/mol. The third-order valence-corrected chi connectivity index (χ3v) is 32.8. The SMILES string of the molecule is CS(=O)(=O)OCCS(=O)(=O)c1cccc([N+](=O)[O-])c1.Cc1cc(Nc2cccc(S(=O)(=O)CCN3CCC(Cc4ccccc4)CC3)c2)c2ccccc2n1.Nc1cccc(S(=O)(=O)CCN2CCC(Cc3ccccc3)CC2)c1.O=[N+]([O-])c1cccc(S(=O)(=O)CCN2CCC(Cc3ccccc3)CC2)c1.O=[N+]([O-])c1cccc(S(=O)(=O)CCO)c1.c1ccc(CC2CCNCC2)cc1. The smallest absolute Gasteiger partial charge is 0.270 e. The van der Waals surface area contributed by atoms with Crippen molar-refractivity contribution >= 4 is 104 Å². The molecule has 135 heavy (non-hydrogen) atoms. The van der Waals surface area contributed by atoms with Crippen molar-refractivity contribution in [2.24, 2.45) is 23.7 Å². The Hall–Kier alpha value is -11.1. The van der Waals surface area contributed by atoms with Crippen LogP contribution in [0.2, 0.25) is 0 Å². The van der Waals surface area contributed by atoms with E-state index in [2.05, 4.69) is 144 Å². The molecular weight excluding hydrogens is 1840 g/mol. The largest absolute Gasteiger partial charge is 0.399 e. The number of likely N-dealkylation sites (tertiary alicyclic amines) is 3. The number of sulfone groups is 5. The highest BCUT2D eigenvalue weighted by Gasteiger charge is 2.29. The normalized spacial score (nSPS) is 15.2. The number of hydrogen-bond donors (Lipinski definition) is 4. The van der Waals surface area contributed by atoms with E-state index >= 15 is 0 Å². The molecule has 722 valence electrons. The number of nitrogens with zero attached hydrogens (tertiary/aromatic N) is 7. The molecule has 0 spiro atoms. The Morgan fingerprint density at radius 2 is 0.711 bits per heavy atom. The number of pyridine rings is 1. The first-order chi connectivity index (χ1) is 64.5. The number of hydrogen-bond acceptors (Lipinski definition) is 27. The van der Waals surface area contributed by atoms with Crippen molar-refractivity contribution in [2.75, 3.05) is 131 Å². The van der Waals surface area contributed by atoms with Crippen molar-refractivity contribution in [2.45, 2.75) is 108 Å². The zero-order chi connectivity index (χ0) is 97.0. The molecule has 0 unspecified atom stereocenters. The van der Waals surface area contributed by atoms with Crippen LogP contribution in [0, 0.1) is 60.9 Å². The maximum absolute atomic E-state index is 13.2. The molecule has 0 atom stereocenters. The van der Waals surface area contributed by atoms with Crippen LogP contribution < -0.4 is 16.4 Å². The number of nitro benzene ring substituents is 3. The number of anilines is 3. The number of fused-ring (bicyclic) bond motifs is 1. The van der Waals surface area contributed by atoms with E-state index < -0.39 is 98.8 Å². The Bertz CT molecular complexity index is 6400. The molecule has 10 aromatic carbocycles. The molecule has 0 aliphatic carbocycles. The molecule has 4 aliphatic rings. The van der Waals surface area contributed by atoms with Gasteiger partial charge >= 0.3 is 0 Å². The molecule has 5 N–H and O–H groups in total. The fraction of sp³-hybridized carbons (Fsp3) is 0.364. The number of nitrogens with two attached hydrogens (primary N) is 1. The van der Waals surface area contributed by atoms with Gasteiger partial charge in [0, 0.05) is 84.2 Å². The van der Waals surface area contributed by atoms with Gasteiger partial charge in [-0.2, -0.15) is 8.42 Å². The van der Waals surface area contributed by atoms with Crippen molar-refractivity contribution in [1.82, 2.24) is 25.0 Å². The molecule has 0 bridgehead atoms. The number of aliphatic hydroxyl groups excluding tert-OH is 1. The molecule has 0 radical (unpaired) electrons. The first kappa shape index (κ1) is 106. The predicted octanol–water partition coefficient (Wildman–Crippen LogP) is 15.3.